The molecule has 0 amide bonds. The summed E-state index contributed by atoms with van der Waals surface area (Å²) in [6, 6.07) is 10.2. The van der Waals surface area contributed by atoms with Gasteiger partial charge < -0.3 is 4.90 Å². The number of ketones is 1. The quantitative estimate of drug-likeness (QED) is 0.742. The predicted molar refractivity (Wildman–Crippen MR) is 70.5 cm³/mol. The van der Waals surface area contributed by atoms with Crippen LogP contribution in [0.4, 0.5) is 0 Å². The standard InChI is InChI=1S/C15H19NO/c1-13(17)12-15(14-8-4-2-5-9-14)16-10-6-3-7-11-16/h2,4-5,8-9,12H,3,6-7,10-11H2,1H3/b15-12+. The van der Waals surface area contributed by atoms with Gasteiger partial charge in [0.2, 0.25) is 0 Å². The second-order valence-corrected chi connectivity index (χ2v) is 4.55. The molecule has 0 aromatic heterocycles. The Labute approximate surface area is 103 Å². The summed E-state index contributed by atoms with van der Waals surface area (Å²) in [4.78, 5) is 13.7. The molecule has 1 fully saturated rings. The number of carbonyl (C=O) groups is 1. The summed E-state index contributed by atoms with van der Waals surface area (Å²) in [5, 5.41) is 0. The first-order chi connectivity index (χ1) is 8.27. The van der Waals surface area contributed by atoms with Crippen LogP contribution in [-0.2, 0) is 4.79 Å². The lowest BCUT2D eigenvalue weighted by Gasteiger charge is -2.31. The van der Waals surface area contributed by atoms with Gasteiger partial charge >= 0.3 is 0 Å². The zero-order valence-corrected chi connectivity index (χ0v) is 10.4. The summed E-state index contributed by atoms with van der Waals surface area (Å²) in [6.07, 6.45) is 5.52. The van der Waals surface area contributed by atoms with Gasteiger partial charge in [-0.05, 0) is 31.7 Å². The molecule has 1 saturated heterocycles. The molecule has 1 aliphatic heterocycles. The minimum absolute atomic E-state index is 0.120. The van der Waals surface area contributed by atoms with Crippen LogP contribution in [0.15, 0.2) is 36.4 Å². The Hall–Kier alpha value is -1.57. The molecular formula is C15H19NO. The highest BCUT2D eigenvalue weighted by Gasteiger charge is 2.15. The van der Waals surface area contributed by atoms with E-state index in [0.29, 0.717) is 0 Å². The molecular weight excluding hydrogens is 210 g/mol. The minimum Gasteiger partial charge on any atom is -0.371 e. The first-order valence-electron chi connectivity index (χ1n) is 6.30. The molecule has 17 heavy (non-hydrogen) atoms. The van der Waals surface area contributed by atoms with Crippen LogP contribution < -0.4 is 0 Å². The lowest BCUT2D eigenvalue weighted by Crippen LogP contribution is -2.28. The van der Waals surface area contributed by atoms with Gasteiger partial charge in [-0.3, -0.25) is 4.79 Å². The van der Waals surface area contributed by atoms with Crippen molar-refractivity contribution >= 4 is 11.5 Å². The summed E-state index contributed by atoms with van der Waals surface area (Å²) >= 11 is 0. The fraction of sp³-hybridized carbons (Fsp3) is 0.400. The lowest BCUT2D eigenvalue weighted by atomic mass is 10.1. The van der Waals surface area contributed by atoms with E-state index in [1.165, 1.54) is 19.3 Å². The average molecular weight is 229 g/mol. The molecule has 0 aliphatic carbocycles. The Morgan fingerprint density at radius 3 is 2.35 bits per heavy atom. The van der Waals surface area contributed by atoms with Crippen LogP contribution >= 0.6 is 0 Å². The van der Waals surface area contributed by atoms with Crippen LogP contribution in [0.3, 0.4) is 0 Å². The Morgan fingerprint density at radius 2 is 1.76 bits per heavy atom. The highest BCUT2D eigenvalue weighted by atomic mass is 16.1. The molecule has 2 nitrogen and oxygen atoms in total. The predicted octanol–water partition coefficient (Wildman–Crippen LogP) is 3.10. The Kier molecular flexibility index (Phi) is 3.97. The topological polar surface area (TPSA) is 20.3 Å². The maximum absolute atomic E-state index is 11.4. The molecule has 0 saturated carbocycles. The van der Waals surface area contributed by atoms with Crippen LogP contribution in [0.25, 0.3) is 5.70 Å². The van der Waals surface area contributed by atoms with Crippen molar-refractivity contribution in [2.45, 2.75) is 26.2 Å². The largest absolute Gasteiger partial charge is 0.371 e. The van der Waals surface area contributed by atoms with E-state index in [0.717, 1.165) is 24.4 Å². The molecule has 1 aliphatic rings. The molecule has 0 bridgehead atoms. The van der Waals surface area contributed by atoms with Gasteiger partial charge in [0.15, 0.2) is 5.78 Å². The van der Waals surface area contributed by atoms with E-state index in [4.69, 9.17) is 0 Å². The highest BCUT2D eigenvalue weighted by molar-refractivity contribution is 5.94. The summed E-state index contributed by atoms with van der Waals surface area (Å²) in [5.74, 6) is 0.120. The second-order valence-electron chi connectivity index (χ2n) is 4.55. The summed E-state index contributed by atoms with van der Waals surface area (Å²) < 4.78 is 0. The molecule has 0 unspecified atom stereocenters. The van der Waals surface area contributed by atoms with Gasteiger partial charge in [-0.15, -0.1) is 0 Å². The van der Waals surface area contributed by atoms with Gasteiger partial charge in [0.1, 0.15) is 0 Å². The van der Waals surface area contributed by atoms with E-state index in [1.54, 1.807) is 13.0 Å². The second kappa shape index (κ2) is 5.67. The number of rotatable bonds is 3. The molecule has 2 rings (SSSR count). The molecule has 90 valence electrons. The van der Waals surface area contributed by atoms with Crippen molar-refractivity contribution < 1.29 is 4.79 Å². The van der Waals surface area contributed by atoms with E-state index in [-0.39, 0.29) is 5.78 Å². The van der Waals surface area contributed by atoms with Crippen molar-refractivity contribution in [2.24, 2.45) is 0 Å². The third-order valence-electron chi connectivity index (χ3n) is 3.11. The normalized spacial score (nSPS) is 17.0. The Balaban J connectivity index is 2.28. The van der Waals surface area contributed by atoms with Gasteiger partial charge in [-0.2, -0.15) is 0 Å². The molecule has 0 atom stereocenters. The first kappa shape index (κ1) is 11.9. The van der Waals surface area contributed by atoms with Crippen LogP contribution in [0.5, 0.6) is 0 Å². The van der Waals surface area contributed by atoms with Crippen molar-refractivity contribution in [3.63, 3.8) is 0 Å². The van der Waals surface area contributed by atoms with E-state index in [1.807, 2.05) is 18.2 Å². The van der Waals surface area contributed by atoms with Crippen LogP contribution in [0.2, 0.25) is 0 Å². The zero-order chi connectivity index (χ0) is 12.1. The number of likely N-dealkylation sites (tertiary alicyclic amines) is 1. The number of hydrogen-bond donors (Lipinski definition) is 0. The van der Waals surface area contributed by atoms with Crippen LogP contribution in [-0.4, -0.2) is 23.8 Å². The lowest BCUT2D eigenvalue weighted by molar-refractivity contribution is -0.112. The van der Waals surface area contributed by atoms with Gasteiger partial charge in [-0.1, -0.05) is 30.3 Å². The van der Waals surface area contributed by atoms with Gasteiger partial charge in [0.05, 0.1) is 0 Å². The summed E-state index contributed by atoms with van der Waals surface area (Å²) in [5.41, 5.74) is 2.22. The molecule has 1 aromatic rings. The molecule has 1 aromatic carbocycles. The van der Waals surface area contributed by atoms with E-state index < -0.39 is 0 Å². The fourth-order valence-corrected chi connectivity index (χ4v) is 2.29. The first-order valence-corrected chi connectivity index (χ1v) is 6.30. The number of hydrogen-bond acceptors (Lipinski definition) is 2. The summed E-state index contributed by atoms with van der Waals surface area (Å²) in [7, 11) is 0. The van der Waals surface area contributed by atoms with Gasteiger partial charge in [0, 0.05) is 24.9 Å². The van der Waals surface area contributed by atoms with Gasteiger partial charge in [-0.25, -0.2) is 0 Å². The average Bonchev–Trinajstić information content (AvgIpc) is 2.38. The molecule has 1 heterocycles. The van der Waals surface area contributed by atoms with E-state index in [9.17, 15) is 4.79 Å². The number of piperidine rings is 1. The third-order valence-corrected chi connectivity index (χ3v) is 3.11. The molecule has 0 radical (unpaired) electrons. The Bertz CT molecular complexity index is 402. The smallest absolute Gasteiger partial charge is 0.154 e. The van der Waals surface area contributed by atoms with Crippen molar-refractivity contribution in [3.05, 3.63) is 42.0 Å². The maximum atomic E-state index is 11.4. The molecule has 0 N–H and O–H groups in total. The SMILES string of the molecule is CC(=O)/C=C(\c1ccccc1)N1CCCCC1. The van der Waals surface area contributed by atoms with E-state index in [2.05, 4.69) is 17.0 Å². The monoisotopic (exact) mass is 229 g/mol. The highest BCUT2D eigenvalue weighted by Crippen LogP contribution is 2.23. The number of nitrogens with zero attached hydrogens (tertiary/aromatic N) is 1. The maximum Gasteiger partial charge on any atom is 0.154 e. The van der Waals surface area contributed by atoms with Crippen molar-refractivity contribution in [1.29, 1.82) is 0 Å². The van der Waals surface area contributed by atoms with Crippen molar-refractivity contribution in [1.82, 2.24) is 4.90 Å². The van der Waals surface area contributed by atoms with Gasteiger partial charge in [0.25, 0.3) is 0 Å². The zero-order valence-electron chi connectivity index (χ0n) is 10.4. The summed E-state index contributed by atoms with van der Waals surface area (Å²) in [6.45, 7) is 3.74. The number of benzene rings is 1. The third kappa shape index (κ3) is 3.19. The van der Waals surface area contributed by atoms with Crippen LogP contribution in [0, 0.1) is 0 Å². The van der Waals surface area contributed by atoms with E-state index >= 15 is 0 Å². The molecule has 2 heteroatoms. The number of carbonyl (C=O) groups excluding carboxylic acids is 1. The molecule has 0 spiro atoms. The fourth-order valence-electron chi connectivity index (χ4n) is 2.29. The van der Waals surface area contributed by atoms with Crippen molar-refractivity contribution in [2.75, 3.05) is 13.1 Å². The van der Waals surface area contributed by atoms with Crippen LogP contribution in [0.1, 0.15) is 31.7 Å². The van der Waals surface area contributed by atoms with Crippen molar-refractivity contribution in [3.8, 4) is 0 Å². The number of allylic oxidation sites excluding steroid dienone is 1. The minimum atomic E-state index is 0.120. The Morgan fingerprint density at radius 1 is 1.12 bits per heavy atom.